The summed E-state index contributed by atoms with van der Waals surface area (Å²) in [6.45, 7) is 3.19. The fraction of sp³-hybridized carbons (Fsp3) is 0.458. The van der Waals surface area contributed by atoms with E-state index in [9.17, 15) is 22.0 Å². The number of amides is 1. The van der Waals surface area contributed by atoms with Gasteiger partial charge in [0, 0.05) is 50.9 Å². The van der Waals surface area contributed by atoms with Crippen molar-refractivity contribution in [3.63, 3.8) is 0 Å². The highest BCUT2D eigenvalue weighted by Crippen LogP contribution is 2.27. The van der Waals surface area contributed by atoms with Crippen LogP contribution in [0.25, 0.3) is 0 Å². The van der Waals surface area contributed by atoms with Crippen LogP contribution in [0.4, 0.5) is 14.5 Å². The lowest BCUT2D eigenvalue weighted by Crippen LogP contribution is -2.45. The molecule has 2 fully saturated rings. The van der Waals surface area contributed by atoms with Crippen molar-refractivity contribution in [2.75, 3.05) is 51.3 Å². The minimum absolute atomic E-state index is 0.0569. The third kappa shape index (κ3) is 5.17. The van der Waals surface area contributed by atoms with Gasteiger partial charge in [0.1, 0.15) is 5.75 Å². The second kappa shape index (κ2) is 10.3. The zero-order chi connectivity index (χ0) is 24.3. The van der Waals surface area contributed by atoms with E-state index in [0.717, 1.165) is 43.1 Å². The molecular weight excluding hydrogens is 464 g/mol. The van der Waals surface area contributed by atoms with E-state index in [4.69, 9.17) is 4.74 Å². The predicted molar refractivity (Wildman–Crippen MR) is 124 cm³/mol. The van der Waals surface area contributed by atoms with Crippen LogP contribution in [0, 0.1) is 17.6 Å². The number of nitrogens with zero attached hydrogens (tertiary/aromatic N) is 3. The van der Waals surface area contributed by atoms with E-state index in [1.165, 1.54) is 4.31 Å². The minimum Gasteiger partial charge on any atom is -0.497 e. The number of benzene rings is 2. The van der Waals surface area contributed by atoms with E-state index in [1.54, 1.807) is 7.11 Å². The number of ether oxygens (including phenoxy) is 1. The molecule has 0 spiro atoms. The highest BCUT2D eigenvalue weighted by molar-refractivity contribution is 7.89. The quantitative estimate of drug-likeness (QED) is 0.640. The average molecular weight is 494 g/mol. The molecule has 2 aliphatic rings. The summed E-state index contributed by atoms with van der Waals surface area (Å²) in [5.74, 6) is -1.68. The number of piperidine rings is 1. The van der Waals surface area contributed by atoms with Gasteiger partial charge in [-0.15, -0.1) is 0 Å². The molecule has 2 aliphatic heterocycles. The third-order valence-corrected chi connectivity index (χ3v) is 8.47. The first kappa shape index (κ1) is 24.4. The molecule has 34 heavy (non-hydrogen) atoms. The SMILES string of the molecule is COc1ccc(N2CCCN(C(=O)C3CCN(S(=O)(=O)c4ccc(F)c(F)c4)CC3)CC2)cc1. The Kier molecular flexibility index (Phi) is 7.37. The summed E-state index contributed by atoms with van der Waals surface area (Å²) in [5, 5.41) is 0. The van der Waals surface area contributed by atoms with Gasteiger partial charge in [-0.2, -0.15) is 4.31 Å². The predicted octanol–water partition coefficient (Wildman–Crippen LogP) is 3.11. The Labute approximate surface area is 199 Å². The van der Waals surface area contributed by atoms with Crippen LogP contribution in [0.15, 0.2) is 47.4 Å². The Balaban J connectivity index is 1.33. The molecule has 0 aromatic heterocycles. The first-order valence-corrected chi connectivity index (χ1v) is 12.9. The molecule has 2 aromatic rings. The van der Waals surface area contributed by atoms with Crippen molar-refractivity contribution in [2.45, 2.75) is 24.2 Å². The van der Waals surface area contributed by atoms with Gasteiger partial charge in [0.25, 0.3) is 0 Å². The molecule has 0 aliphatic carbocycles. The number of anilines is 1. The van der Waals surface area contributed by atoms with Crippen LogP contribution in [-0.2, 0) is 14.8 Å². The third-order valence-electron chi connectivity index (χ3n) is 6.58. The fourth-order valence-corrected chi connectivity index (χ4v) is 6.06. The van der Waals surface area contributed by atoms with Crippen LogP contribution in [0.2, 0.25) is 0 Å². The number of hydrogen-bond donors (Lipinski definition) is 0. The van der Waals surface area contributed by atoms with Gasteiger partial charge in [-0.25, -0.2) is 17.2 Å². The standard InChI is InChI=1S/C24H29F2N3O4S/c1-33-20-5-3-19(4-6-20)27-11-2-12-28(16-15-27)24(30)18-9-13-29(14-10-18)34(31,32)21-7-8-22(25)23(26)17-21/h3-8,17-18H,2,9-16H2,1H3. The lowest BCUT2D eigenvalue weighted by molar-refractivity contribution is -0.136. The van der Waals surface area contributed by atoms with Crippen molar-refractivity contribution in [3.05, 3.63) is 54.1 Å². The van der Waals surface area contributed by atoms with Gasteiger partial charge in [-0.3, -0.25) is 4.79 Å². The Hall–Kier alpha value is -2.72. The summed E-state index contributed by atoms with van der Waals surface area (Å²) in [5.41, 5.74) is 1.09. The van der Waals surface area contributed by atoms with Gasteiger partial charge in [0.15, 0.2) is 11.6 Å². The summed E-state index contributed by atoms with van der Waals surface area (Å²) < 4.78 is 58.8. The number of hydrogen-bond acceptors (Lipinski definition) is 5. The van der Waals surface area contributed by atoms with Gasteiger partial charge in [-0.1, -0.05) is 0 Å². The molecule has 2 saturated heterocycles. The summed E-state index contributed by atoms with van der Waals surface area (Å²) in [4.78, 5) is 17.0. The summed E-state index contributed by atoms with van der Waals surface area (Å²) in [6.07, 6.45) is 1.65. The molecule has 7 nitrogen and oxygen atoms in total. The van der Waals surface area contributed by atoms with Gasteiger partial charge in [-0.05, 0) is 61.7 Å². The second-order valence-electron chi connectivity index (χ2n) is 8.62. The van der Waals surface area contributed by atoms with E-state index >= 15 is 0 Å². The maximum Gasteiger partial charge on any atom is 0.243 e. The molecule has 1 amide bonds. The molecule has 184 valence electrons. The molecular formula is C24H29F2N3O4S. The average Bonchev–Trinajstić information content (AvgIpc) is 3.12. The molecule has 0 bridgehead atoms. The van der Waals surface area contributed by atoms with Crippen LogP contribution >= 0.6 is 0 Å². The molecule has 2 heterocycles. The van der Waals surface area contributed by atoms with E-state index in [0.29, 0.717) is 32.0 Å². The topological polar surface area (TPSA) is 70.2 Å². The number of carbonyl (C=O) groups is 1. The Morgan fingerprint density at radius 2 is 1.62 bits per heavy atom. The number of methoxy groups -OCH3 is 1. The van der Waals surface area contributed by atoms with Crippen molar-refractivity contribution in [2.24, 2.45) is 5.92 Å². The van der Waals surface area contributed by atoms with Gasteiger partial charge in [0.05, 0.1) is 12.0 Å². The fourth-order valence-electron chi connectivity index (χ4n) is 4.58. The van der Waals surface area contributed by atoms with Crippen molar-refractivity contribution < 1.29 is 26.7 Å². The monoisotopic (exact) mass is 493 g/mol. The number of rotatable bonds is 5. The number of halogens is 2. The molecule has 2 aromatic carbocycles. The van der Waals surface area contributed by atoms with Gasteiger partial charge < -0.3 is 14.5 Å². The zero-order valence-corrected chi connectivity index (χ0v) is 19.9. The van der Waals surface area contributed by atoms with Crippen molar-refractivity contribution >= 4 is 21.6 Å². The molecule has 0 atom stereocenters. The lowest BCUT2D eigenvalue weighted by atomic mass is 9.96. The van der Waals surface area contributed by atoms with E-state index in [1.807, 2.05) is 29.2 Å². The van der Waals surface area contributed by atoms with Crippen LogP contribution in [0.5, 0.6) is 5.75 Å². The smallest absolute Gasteiger partial charge is 0.243 e. The zero-order valence-electron chi connectivity index (χ0n) is 19.1. The normalized spacial score (nSPS) is 18.6. The van der Waals surface area contributed by atoms with Gasteiger partial charge in [0.2, 0.25) is 15.9 Å². The molecule has 0 saturated carbocycles. The molecule has 4 rings (SSSR count). The number of carbonyl (C=O) groups excluding carboxylic acids is 1. The first-order chi connectivity index (χ1) is 16.3. The van der Waals surface area contributed by atoms with Crippen LogP contribution in [0.3, 0.4) is 0 Å². The van der Waals surface area contributed by atoms with Crippen molar-refractivity contribution in [1.82, 2.24) is 9.21 Å². The molecule has 0 radical (unpaired) electrons. The molecule has 0 N–H and O–H groups in total. The second-order valence-corrected chi connectivity index (χ2v) is 10.6. The van der Waals surface area contributed by atoms with Crippen LogP contribution in [-0.4, -0.2) is 69.9 Å². The minimum atomic E-state index is -3.94. The highest BCUT2D eigenvalue weighted by atomic mass is 32.2. The summed E-state index contributed by atoms with van der Waals surface area (Å²) >= 11 is 0. The van der Waals surface area contributed by atoms with E-state index in [-0.39, 0.29) is 29.8 Å². The largest absolute Gasteiger partial charge is 0.497 e. The maximum absolute atomic E-state index is 13.5. The highest BCUT2D eigenvalue weighted by Gasteiger charge is 2.34. The maximum atomic E-state index is 13.5. The van der Waals surface area contributed by atoms with E-state index in [2.05, 4.69) is 4.90 Å². The summed E-state index contributed by atoms with van der Waals surface area (Å²) in [7, 11) is -2.31. The van der Waals surface area contributed by atoms with Crippen LogP contribution in [0.1, 0.15) is 19.3 Å². The van der Waals surface area contributed by atoms with Crippen LogP contribution < -0.4 is 9.64 Å². The van der Waals surface area contributed by atoms with Crippen molar-refractivity contribution in [1.29, 1.82) is 0 Å². The first-order valence-electron chi connectivity index (χ1n) is 11.4. The lowest BCUT2D eigenvalue weighted by Gasteiger charge is -2.33. The Morgan fingerprint density at radius 1 is 0.912 bits per heavy atom. The van der Waals surface area contributed by atoms with Crippen molar-refractivity contribution in [3.8, 4) is 5.75 Å². The number of sulfonamides is 1. The van der Waals surface area contributed by atoms with E-state index < -0.39 is 21.7 Å². The Bertz CT molecular complexity index is 1120. The van der Waals surface area contributed by atoms with Gasteiger partial charge >= 0.3 is 0 Å². The summed E-state index contributed by atoms with van der Waals surface area (Å²) in [6, 6.07) is 10.5. The Morgan fingerprint density at radius 3 is 2.26 bits per heavy atom. The molecule has 0 unspecified atom stereocenters. The molecule has 10 heteroatoms.